The summed E-state index contributed by atoms with van der Waals surface area (Å²) < 4.78 is 45.8. The Kier molecular flexibility index (Phi) is 6.73. The third-order valence-corrected chi connectivity index (χ3v) is 5.83. The van der Waals surface area contributed by atoms with Crippen LogP contribution in [0.3, 0.4) is 0 Å². The molecule has 176 valence electrons. The number of likely N-dealkylation sites (tertiary alicyclic amines) is 1. The van der Waals surface area contributed by atoms with Crippen LogP contribution in [-0.2, 0) is 5.60 Å². The fourth-order valence-corrected chi connectivity index (χ4v) is 3.99. The zero-order chi connectivity index (χ0) is 23.5. The third kappa shape index (κ3) is 6.13. The maximum atomic E-state index is 12.2. The lowest BCUT2D eigenvalue weighted by molar-refractivity contribution is -0.274. The van der Waals surface area contributed by atoms with E-state index in [0.717, 1.165) is 28.6 Å². The standard InChI is InChI=1S/C24H25F3N2O4/c25-24(26,27)33-20-7-5-19(6-8-20)32-22(30)9-12-29-13-10-23(31,11-14-29)18-15-17-3-1-2-4-21(17)28-16-18/h1-8,15-16,22,30-31H,9-14H2. The molecule has 2 N–H and O–H groups in total. The van der Waals surface area contributed by atoms with Gasteiger partial charge in [0.2, 0.25) is 0 Å². The molecule has 2 aromatic carbocycles. The summed E-state index contributed by atoms with van der Waals surface area (Å²) in [5.41, 5.74) is 0.754. The number of benzene rings is 2. The summed E-state index contributed by atoms with van der Waals surface area (Å²) in [5.74, 6) is -0.111. The van der Waals surface area contributed by atoms with Gasteiger partial charge in [0, 0.05) is 43.2 Å². The average Bonchev–Trinajstić information content (AvgIpc) is 2.79. The van der Waals surface area contributed by atoms with E-state index in [1.54, 1.807) is 6.20 Å². The van der Waals surface area contributed by atoms with E-state index in [0.29, 0.717) is 38.9 Å². The second kappa shape index (κ2) is 9.54. The maximum Gasteiger partial charge on any atom is 0.573 e. The largest absolute Gasteiger partial charge is 0.573 e. The van der Waals surface area contributed by atoms with Crippen molar-refractivity contribution in [2.45, 2.75) is 37.5 Å². The number of aliphatic hydroxyl groups is 2. The quantitative estimate of drug-likeness (QED) is 0.513. The summed E-state index contributed by atoms with van der Waals surface area (Å²) >= 11 is 0. The van der Waals surface area contributed by atoms with Gasteiger partial charge < -0.3 is 24.6 Å². The van der Waals surface area contributed by atoms with Crippen LogP contribution in [0.4, 0.5) is 13.2 Å². The summed E-state index contributed by atoms with van der Waals surface area (Å²) in [6.07, 6.45) is -2.72. The Morgan fingerprint density at radius 3 is 2.39 bits per heavy atom. The molecule has 33 heavy (non-hydrogen) atoms. The number of hydrogen-bond acceptors (Lipinski definition) is 6. The van der Waals surface area contributed by atoms with E-state index in [-0.39, 0.29) is 11.5 Å². The van der Waals surface area contributed by atoms with Crippen molar-refractivity contribution >= 4 is 10.9 Å². The number of halogens is 3. The highest BCUT2D eigenvalue weighted by Crippen LogP contribution is 2.34. The van der Waals surface area contributed by atoms with Crippen molar-refractivity contribution in [3.8, 4) is 11.5 Å². The van der Waals surface area contributed by atoms with Gasteiger partial charge in [-0.05, 0) is 49.2 Å². The molecule has 0 radical (unpaired) electrons. The molecule has 0 bridgehead atoms. The molecule has 1 aromatic heterocycles. The number of pyridine rings is 1. The van der Waals surface area contributed by atoms with Gasteiger partial charge in [0.15, 0.2) is 6.29 Å². The molecule has 0 saturated carbocycles. The number of alkyl halides is 3. The molecule has 9 heteroatoms. The first kappa shape index (κ1) is 23.3. The van der Waals surface area contributed by atoms with Crippen molar-refractivity contribution in [2.75, 3.05) is 19.6 Å². The van der Waals surface area contributed by atoms with Crippen LogP contribution in [0, 0.1) is 0 Å². The lowest BCUT2D eigenvalue weighted by Crippen LogP contribution is -2.43. The van der Waals surface area contributed by atoms with Crippen molar-refractivity contribution in [1.29, 1.82) is 0 Å². The van der Waals surface area contributed by atoms with Gasteiger partial charge in [-0.2, -0.15) is 0 Å². The Bertz CT molecular complexity index is 1070. The van der Waals surface area contributed by atoms with Crippen molar-refractivity contribution in [3.05, 3.63) is 66.4 Å². The number of aliphatic hydroxyl groups excluding tert-OH is 1. The summed E-state index contributed by atoms with van der Waals surface area (Å²) in [5, 5.41) is 22.3. The van der Waals surface area contributed by atoms with Gasteiger partial charge in [0.25, 0.3) is 0 Å². The minimum Gasteiger partial charge on any atom is -0.465 e. The minimum absolute atomic E-state index is 0.244. The second-order valence-electron chi connectivity index (χ2n) is 8.17. The number of para-hydroxylation sites is 1. The Balaban J connectivity index is 1.25. The fourth-order valence-electron chi connectivity index (χ4n) is 3.99. The van der Waals surface area contributed by atoms with E-state index in [1.165, 1.54) is 12.1 Å². The first-order valence-electron chi connectivity index (χ1n) is 10.7. The van der Waals surface area contributed by atoms with Gasteiger partial charge in [-0.1, -0.05) is 18.2 Å². The van der Waals surface area contributed by atoms with Gasteiger partial charge in [0.05, 0.1) is 11.1 Å². The average molecular weight is 462 g/mol. The fraction of sp³-hybridized carbons (Fsp3) is 0.375. The van der Waals surface area contributed by atoms with Crippen LogP contribution < -0.4 is 9.47 Å². The Morgan fingerprint density at radius 2 is 1.70 bits per heavy atom. The van der Waals surface area contributed by atoms with Crippen LogP contribution in [0.1, 0.15) is 24.8 Å². The number of piperidine rings is 1. The first-order chi connectivity index (χ1) is 15.7. The lowest BCUT2D eigenvalue weighted by Gasteiger charge is -2.38. The topological polar surface area (TPSA) is 75.1 Å². The lowest BCUT2D eigenvalue weighted by atomic mass is 9.85. The molecule has 1 fully saturated rings. The van der Waals surface area contributed by atoms with Crippen LogP contribution in [-0.4, -0.2) is 52.4 Å². The highest BCUT2D eigenvalue weighted by Gasteiger charge is 2.34. The SMILES string of the molecule is OC(CCN1CCC(O)(c2cnc3ccccc3c2)CC1)Oc1ccc(OC(F)(F)F)cc1. The number of nitrogens with zero attached hydrogens (tertiary/aromatic N) is 2. The van der Waals surface area contributed by atoms with Crippen molar-refractivity contribution in [3.63, 3.8) is 0 Å². The molecule has 1 aliphatic heterocycles. The Labute approximate surface area is 189 Å². The molecule has 1 aliphatic rings. The molecule has 0 aliphatic carbocycles. The third-order valence-electron chi connectivity index (χ3n) is 5.83. The molecule has 6 nitrogen and oxygen atoms in total. The Morgan fingerprint density at radius 1 is 1.03 bits per heavy atom. The monoisotopic (exact) mass is 462 g/mol. The first-order valence-corrected chi connectivity index (χ1v) is 10.7. The molecule has 1 atom stereocenters. The van der Waals surface area contributed by atoms with Crippen molar-refractivity contribution in [2.24, 2.45) is 0 Å². The highest BCUT2D eigenvalue weighted by molar-refractivity contribution is 5.78. The van der Waals surface area contributed by atoms with E-state index >= 15 is 0 Å². The van der Waals surface area contributed by atoms with Crippen LogP contribution >= 0.6 is 0 Å². The molecule has 2 heterocycles. The number of ether oxygens (including phenoxy) is 2. The van der Waals surface area contributed by atoms with E-state index in [2.05, 4.69) is 14.6 Å². The zero-order valence-electron chi connectivity index (χ0n) is 17.8. The molecule has 0 amide bonds. The molecule has 0 spiro atoms. The molecule has 1 saturated heterocycles. The number of hydrogen-bond donors (Lipinski definition) is 2. The summed E-state index contributed by atoms with van der Waals surface area (Å²) in [6.45, 7) is 1.86. The molecule has 3 aromatic rings. The molecular formula is C24H25F3N2O4. The normalized spacial score (nSPS) is 17.6. The van der Waals surface area contributed by atoms with Crippen LogP contribution in [0.5, 0.6) is 11.5 Å². The number of rotatable bonds is 7. The van der Waals surface area contributed by atoms with Crippen LogP contribution in [0.15, 0.2) is 60.8 Å². The van der Waals surface area contributed by atoms with Crippen molar-refractivity contribution in [1.82, 2.24) is 9.88 Å². The smallest absolute Gasteiger partial charge is 0.465 e. The van der Waals surface area contributed by atoms with Gasteiger partial charge in [-0.15, -0.1) is 13.2 Å². The van der Waals surface area contributed by atoms with Gasteiger partial charge in [-0.3, -0.25) is 4.98 Å². The number of aromatic nitrogens is 1. The molecular weight excluding hydrogens is 437 g/mol. The van der Waals surface area contributed by atoms with Crippen LogP contribution in [0.2, 0.25) is 0 Å². The van der Waals surface area contributed by atoms with Gasteiger partial charge in [-0.25, -0.2) is 0 Å². The van der Waals surface area contributed by atoms with E-state index in [4.69, 9.17) is 4.74 Å². The van der Waals surface area contributed by atoms with Crippen molar-refractivity contribution < 1.29 is 32.9 Å². The minimum atomic E-state index is -4.76. The molecule has 1 unspecified atom stereocenters. The van der Waals surface area contributed by atoms with E-state index < -0.39 is 18.3 Å². The van der Waals surface area contributed by atoms with E-state index in [1.807, 2.05) is 30.3 Å². The maximum absolute atomic E-state index is 12.2. The number of fused-ring (bicyclic) bond motifs is 1. The van der Waals surface area contributed by atoms with Crippen LogP contribution in [0.25, 0.3) is 10.9 Å². The summed E-state index contributed by atoms with van der Waals surface area (Å²) in [6, 6.07) is 14.6. The summed E-state index contributed by atoms with van der Waals surface area (Å²) in [7, 11) is 0. The molecule has 4 rings (SSSR count). The second-order valence-corrected chi connectivity index (χ2v) is 8.17. The van der Waals surface area contributed by atoms with E-state index in [9.17, 15) is 23.4 Å². The van der Waals surface area contributed by atoms with Gasteiger partial charge >= 0.3 is 6.36 Å². The zero-order valence-corrected chi connectivity index (χ0v) is 17.8. The predicted octanol–water partition coefficient (Wildman–Crippen LogP) is 4.20. The predicted molar refractivity (Wildman–Crippen MR) is 116 cm³/mol. The van der Waals surface area contributed by atoms with Gasteiger partial charge in [0.1, 0.15) is 11.5 Å². The highest BCUT2D eigenvalue weighted by atomic mass is 19.4. The Hall–Kier alpha value is -2.88. The summed E-state index contributed by atoms with van der Waals surface area (Å²) in [4.78, 5) is 6.59.